The second-order valence-electron chi connectivity index (χ2n) is 2.94. The molecule has 0 amide bonds. The first-order valence-electron chi connectivity index (χ1n) is 4.22. The van der Waals surface area contributed by atoms with Crippen LogP contribution in [0.25, 0.3) is 0 Å². The zero-order chi connectivity index (χ0) is 10.8. The summed E-state index contributed by atoms with van der Waals surface area (Å²) in [7, 11) is 0. The largest absolute Gasteiger partial charge is 0.461 e. The van der Waals surface area contributed by atoms with Gasteiger partial charge in [-0.1, -0.05) is 11.6 Å². The first kappa shape index (κ1) is 10.5. The number of ketones is 1. The molecule has 0 fully saturated rings. The van der Waals surface area contributed by atoms with Crippen LogP contribution in [0.3, 0.4) is 0 Å². The van der Waals surface area contributed by atoms with E-state index in [9.17, 15) is 4.79 Å². The minimum absolute atomic E-state index is 0.155. The van der Waals surface area contributed by atoms with Crippen molar-refractivity contribution in [3.8, 4) is 0 Å². The SMILES string of the molecule is O=C(c1ccc(Cl)c(Br)c1)c1ccco1. The maximum Gasteiger partial charge on any atom is 0.228 e. The van der Waals surface area contributed by atoms with Gasteiger partial charge in [0.05, 0.1) is 11.3 Å². The van der Waals surface area contributed by atoms with Gasteiger partial charge < -0.3 is 4.42 Å². The van der Waals surface area contributed by atoms with Gasteiger partial charge in [-0.3, -0.25) is 4.79 Å². The minimum atomic E-state index is -0.155. The number of hydrogen-bond donors (Lipinski definition) is 0. The zero-order valence-corrected chi connectivity index (χ0v) is 9.88. The summed E-state index contributed by atoms with van der Waals surface area (Å²) < 4.78 is 5.72. The summed E-state index contributed by atoms with van der Waals surface area (Å²) in [6.45, 7) is 0. The molecule has 0 radical (unpaired) electrons. The van der Waals surface area contributed by atoms with Gasteiger partial charge in [-0.15, -0.1) is 0 Å². The number of carbonyl (C=O) groups excluding carboxylic acids is 1. The molecule has 0 atom stereocenters. The highest BCUT2D eigenvalue weighted by atomic mass is 79.9. The second kappa shape index (κ2) is 4.21. The van der Waals surface area contributed by atoms with E-state index >= 15 is 0 Å². The Labute approximate surface area is 100.0 Å². The molecule has 4 heteroatoms. The Bertz CT molecular complexity index is 491. The van der Waals surface area contributed by atoms with Crippen molar-refractivity contribution in [1.82, 2.24) is 0 Å². The minimum Gasteiger partial charge on any atom is -0.461 e. The van der Waals surface area contributed by atoms with Crippen LogP contribution in [-0.4, -0.2) is 5.78 Å². The van der Waals surface area contributed by atoms with E-state index in [1.165, 1.54) is 6.26 Å². The van der Waals surface area contributed by atoms with Crippen LogP contribution < -0.4 is 0 Å². The molecule has 0 spiro atoms. The summed E-state index contributed by atoms with van der Waals surface area (Å²) >= 11 is 9.09. The van der Waals surface area contributed by atoms with Gasteiger partial charge in [0.15, 0.2) is 5.76 Å². The number of carbonyl (C=O) groups is 1. The normalized spacial score (nSPS) is 10.3. The first-order valence-corrected chi connectivity index (χ1v) is 5.39. The molecular formula is C11H6BrClO2. The fourth-order valence-electron chi connectivity index (χ4n) is 1.19. The molecule has 0 aliphatic heterocycles. The van der Waals surface area contributed by atoms with Crippen LogP contribution >= 0.6 is 27.5 Å². The summed E-state index contributed by atoms with van der Waals surface area (Å²) in [6, 6.07) is 8.32. The highest BCUT2D eigenvalue weighted by Crippen LogP contribution is 2.24. The lowest BCUT2D eigenvalue weighted by atomic mass is 10.1. The van der Waals surface area contributed by atoms with Crippen molar-refractivity contribution in [1.29, 1.82) is 0 Å². The van der Waals surface area contributed by atoms with E-state index in [1.54, 1.807) is 30.3 Å². The van der Waals surface area contributed by atoms with Gasteiger partial charge >= 0.3 is 0 Å². The lowest BCUT2D eigenvalue weighted by Gasteiger charge is -2.00. The van der Waals surface area contributed by atoms with Crippen LogP contribution in [0.4, 0.5) is 0 Å². The first-order chi connectivity index (χ1) is 7.18. The third-order valence-electron chi connectivity index (χ3n) is 1.93. The van der Waals surface area contributed by atoms with E-state index < -0.39 is 0 Å². The predicted molar refractivity (Wildman–Crippen MR) is 61.3 cm³/mol. The van der Waals surface area contributed by atoms with E-state index in [0.29, 0.717) is 20.8 Å². The quantitative estimate of drug-likeness (QED) is 0.783. The highest BCUT2D eigenvalue weighted by molar-refractivity contribution is 9.10. The van der Waals surface area contributed by atoms with Crippen LogP contribution in [0.1, 0.15) is 16.1 Å². The topological polar surface area (TPSA) is 30.2 Å². The Hall–Kier alpha value is -1.06. The van der Waals surface area contributed by atoms with E-state index in [1.807, 2.05) is 0 Å². The average molecular weight is 286 g/mol. The monoisotopic (exact) mass is 284 g/mol. The summed E-state index contributed by atoms with van der Waals surface area (Å²) in [6.07, 6.45) is 1.47. The average Bonchev–Trinajstić information content (AvgIpc) is 2.74. The zero-order valence-electron chi connectivity index (χ0n) is 7.54. The van der Waals surface area contributed by atoms with Crippen molar-refractivity contribution in [2.24, 2.45) is 0 Å². The van der Waals surface area contributed by atoms with Gasteiger partial charge in [-0.05, 0) is 46.3 Å². The molecule has 15 heavy (non-hydrogen) atoms. The van der Waals surface area contributed by atoms with Crippen molar-refractivity contribution in [3.63, 3.8) is 0 Å². The molecular weight excluding hydrogens is 279 g/mol. The molecule has 2 aromatic rings. The molecule has 0 unspecified atom stereocenters. The molecule has 2 rings (SSSR count). The lowest BCUT2D eigenvalue weighted by molar-refractivity contribution is 0.101. The van der Waals surface area contributed by atoms with Crippen LogP contribution in [-0.2, 0) is 0 Å². The molecule has 2 nitrogen and oxygen atoms in total. The van der Waals surface area contributed by atoms with Gasteiger partial charge in [-0.25, -0.2) is 0 Å². The maximum atomic E-state index is 11.8. The van der Waals surface area contributed by atoms with Crippen molar-refractivity contribution in [2.45, 2.75) is 0 Å². The molecule has 0 aliphatic rings. The van der Waals surface area contributed by atoms with Gasteiger partial charge in [0, 0.05) is 10.0 Å². The summed E-state index contributed by atoms with van der Waals surface area (Å²) in [4.78, 5) is 11.8. The smallest absolute Gasteiger partial charge is 0.228 e. The Kier molecular flexibility index (Phi) is 2.93. The summed E-state index contributed by atoms with van der Waals surface area (Å²) in [5.74, 6) is 0.168. The Balaban J connectivity index is 2.39. The van der Waals surface area contributed by atoms with Crippen LogP contribution in [0.2, 0.25) is 5.02 Å². The van der Waals surface area contributed by atoms with Gasteiger partial charge in [-0.2, -0.15) is 0 Å². The Morgan fingerprint density at radius 1 is 1.33 bits per heavy atom. The van der Waals surface area contributed by atoms with Crippen LogP contribution in [0, 0.1) is 0 Å². The molecule has 0 saturated heterocycles. The summed E-state index contributed by atoms with van der Waals surface area (Å²) in [5, 5.41) is 0.575. The number of halogens is 2. The van der Waals surface area contributed by atoms with Crippen LogP contribution in [0.5, 0.6) is 0 Å². The van der Waals surface area contributed by atoms with E-state index in [2.05, 4.69) is 15.9 Å². The van der Waals surface area contributed by atoms with E-state index in [4.69, 9.17) is 16.0 Å². The number of benzene rings is 1. The fourth-order valence-corrected chi connectivity index (χ4v) is 1.68. The van der Waals surface area contributed by atoms with E-state index in [-0.39, 0.29) is 5.78 Å². The molecule has 0 bridgehead atoms. The van der Waals surface area contributed by atoms with E-state index in [0.717, 1.165) is 0 Å². The van der Waals surface area contributed by atoms with Crippen LogP contribution in [0.15, 0.2) is 45.5 Å². The molecule has 1 aromatic carbocycles. The van der Waals surface area contributed by atoms with Gasteiger partial charge in [0.2, 0.25) is 5.78 Å². The Morgan fingerprint density at radius 2 is 2.13 bits per heavy atom. The molecule has 76 valence electrons. The molecule has 0 aliphatic carbocycles. The molecule has 0 saturated carbocycles. The number of rotatable bonds is 2. The van der Waals surface area contributed by atoms with Crippen molar-refractivity contribution in [3.05, 3.63) is 57.4 Å². The third kappa shape index (κ3) is 2.13. The molecule has 1 heterocycles. The second-order valence-corrected chi connectivity index (χ2v) is 4.20. The van der Waals surface area contributed by atoms with Gasteiger partial charge in [0.25, 0.3) is 0 Å². The van der Waals surface area contributed by atoms with Crippen molar-refractivity contribution < 1.29 is 9.21 Å². The Morgan fingerprint density at radius 3 is 2.73 bits per heavy atom. The highest BCUT2D eigenvalue weighted by Gasteiger charge is 2.12. The maximum absolute atomic E-state index is 11.8. The molecule has 1 aromatic heterocycles. The summed E-state index contributed by atoms with van der Waals surface area (Å²) in [5.41, 5.74) is 0.543. The number of hydrogen-bond acceptors (Lipinski definition) is 2. The van der Waals surface area contributed by atoms with Crippen molar-refractivity contribution >= 4 is 33.3 Å². The fraction of sp³-hybridized carbons (Fsp3) is 0. The number of furan rings is 1. The molecule has 0 N–H and O–H groups in total. The predicted octanol–water partition coefficient (Wildman–Crippen LogP) is 3.93. The third-order valence-corrected chi connectivity index (χ3v) is 3.14. The van der Waals surface area contributed by atoms with Gasteiger partial charge in [0.1, 0.15) is 0 Å². The standard InChI is InChI=1S/C11H6BrClO2/c12-8-6-7(3-4-9(8)13)11(14)10-2-1-5-15-10/h1-6H. The lowest BCUT2D eigenvalue weighted by Crippen LogP contribution is -1.99. The van der Waals surface area contributed by atoms with Crippen molar-refractivity contribution in [2.75, 3.05) is 0 Å².